The van der Waals surface area contributed by atoms with Crippen LogP contribution < -0.4 is 10.6 Å². The summed E-state index contributed by atoms with van der Waals surface area (Å²) < 4.78 is 41.0. The number of aryl methyl sites for hydroxylation is 1. The maximum atomic E-state index is 13.3. The molecule has 0 aliphatic carbocycles. The number of piperidine rings is 1. The molecule has 23 heavy (non-hydrogen) atoms. The van der Waals surface area contributed by atoms with E-state index in [1.807, 2.05) is 0 Å². The van der Waals surface area contributed by atoms with E-state index in [0.29, 0.717) is 6.42 Å². The second-order valence-corrected chi connectivity index (χ2v) is 5.76. The first kappa shape index (κ1) is 17.7. The Morgan fingerprint density at radius 1 is 1.52 bits per heavy atom. The second kappa shape index (κ2) is 6.88. The minimum Gasteiger partial charge on any atom is -0.374 e. The molecule has 0 spiro atoms. The lowest BCUT2D eigenvalue weighted by Crippen LogP contribution is -2.50. The molecule has 1 aliphatic heterocycles. The van der Waals surface area contributed by atoms with Crippen molar-refractivity contribution in [2.24, 2.45) is 7.05 Å². The highest BCUT2D eigenvalue weighted by molar-refractivity contribution is 5.81. The Bertz CT molecular complexity index is 540. The summed E-state index contributed by atoms with van der Waals surface area (Å²) in [5.74, 6) is -0.830. The van der Waals surface area contributed by atoms with Gasteiger partial charge in [-0.25, -0.2) is 4.98 Å². The van der Waals surface area contributed by atoms with Gasteiger partial charge in [-0.3, -0.25) is 4.79 Å². The fourth-order valence-electron chi connectivity index (χ4n) is 2.71. The van der Waals surface area contributed by atoms with E-state index >= 15 is 0 Å². The second-order valence-electron chi connectivity index (χ2n) is 5.76. The molecule has 2 rings (SSSR count). The van der Waals surface area contributed by atoms with E-state index < -0.39 is 24.0 Å². The van der Waals surface area contributed by atoms with Crippen LogP contribution in [-0.2, 0) is 17.4 Å². The van der Waals surface area contributed by atoms with E-state index in [1.54, 1.807) is 0 Å². The molecule has 2 heterocycles. The number of carbonyl (C=O) groups is 1. The molecule has 0 radical (unpaired) electrons. The minimum absolute atomic E-state index is 0.292. The molecule has 1 saturated heterocycles. The van der Waals surface area contributed by atoms with Gasteiger partial charge in [-0.2, -0.15) is 13.2 Å². The first-order chi connectivity index (χ1) is 10.8. The lowest BCUT2D eigenvalue weighted by Gasteiger charge is -2.30. The standard InChI is InChI=1S/C14H21F3N4O2/c1-21-9-8-20-12(21)13(23,14(15,16)17)5-7-19-11(22)10-4-2-3-6-18-10/h8-10,18,23H,2-7H2,1H3,(H,19,22)/t10-,13?/m0/s1. The first-order valence-electron chi connectivity index (χ1n) is 7.54. The molecule has 0 aromatic carbocycles. The fraction of sp³-hybridized carbons (Fsp3) is 0.714. The third kappa shape index (κ3) is 3.84. The highest BCUT2D eigenvalue weighted by atomic mass is 19.4. The molecule has 130 valence electrons. The van der Waals surface area contributed by atoms with E-state index in [9.17, 15) is 23.1 Å². The number of imidazole rings is 1. The highest BCUT2D eigenvalue weighted by Gasteiger charge is 2.57. The van der Waals surface area contributed by atoms with Gasteiger partial charge in [0.15, 0.2) is 0 Å². The van der Waals surface area contributed by atoms with E-state index in [0.717, 1.165) is 24.0 Å². The van der Waals surface area contributed by atoms with Gasteiger partial charge < -0.3 is 20.3 Å². The predicted octanol–water partition coefficient (Wildman–Crippen LogP) is 0.818. The maximum absolute atomic E-state index is 13.3. The summed E-state index contributed by atoms with van der Waals surface area (Å²) in [6.07, 6.45) is -0.511. The number of alkyl halides is 3. The normalized spacial score (nSPS) is 21.7. The van der Waals surface area contributed by atoms with Crippen molar-refractivity contribution >= 4 is 5.91 Å². The van der Waals surface area contributed by atoms with Crippen LogP contribution >= 0.6 is 0 Å². The monoisotopic (exact) mass is 334 g/mol. The van der Waals surface area contributed by atoms with Crippen molar-refractivity contribution < 1.29 is 23.1 Å². The highest BCUT2D eigenvalue weighted by Crippen LogP contribution is 2.40. The summed E-state index contributed by atoms with van der Waals surface area (Å²) in [6.45, 7) is 0.428. The van der Waals surface area contributed by atoms with Gasteiger partial charge in [-0.15, -0.1) is 0 Å². The summed E-state index contributed by atoms with van der Waals surface area (Å²) in [5.41, 5.74) is -3.10. The molecule has 0 saturated carbocycles. The Hall–Kier alpha value is -1.61. The number of nitrogens with zero attached hydrogens (tertiary/aromatic N) is 2. The lowest BCUT2D eigenvalue weighted by molar-refractivity contribution is -0.272. The van der Waals surface area contributed by atoms with Crippen LogP contribution in [0.5, 0.6) is 0 Å². The molecule has 0 bridgehead atoms. The molecule has 6 nitrogen and oxygen atoms in total. The predicted molar refractivity (Wildman–Crippen MR) is 76.4 cm³/mol. The minimum atomic E-state index is -4.89. The van der Waals surface area contributed by atoms with Crippen LogP contribution in [0.2, 0.25) is 0 Å². The summed E-state index contributed by atoms with van der Waals surface area (Å²) in [7, 11) is 1.38. The number of carbonyl (C=O) groups excluding carboxylic acids is 1. The third-order valence-corrected chi connectivity index (χ3v) is 4.07. The van der Waals surface area contributed by atoms with Crippen LogP contribution in [0.25, 0.3) is 0 Å². The molecule has 3 N–H and O–H groups in total. The Morgan fingerprint density at radius 3 is 2.78 bits per heavy atom. The summed E-state index contributed by atoms with van der Waals surface area (Å²) >= 11 is 0. The maximum Gasteiger partial charge on any atom is 0.424 e. The Morgan fingerprint density at radius 2 is 2.26 bits per heavy atom. The van der Waals surface area contributed by atoms with Crippen LogP contribution in [0, 0.1) is 0 Å². The SMILES string of the molecule is Cn1ccnc1C(O)(CCNC(=O)[C@@H]1CCCCN1)C(F)(F)F. The van der Waals surface area contributed by atoms with Crippen molar-refractivity contribution in [1.29, 1.82) is 0 Å². The van der Waals surface area contributed by atoms with Crippen LogP contribution in [-0.4, -0.2) is 45.9 Å². The van der Waals surface area contributed by atoms with Crippen LogP contribution in [0.4, 0.5) is 13.2 Å². The van der Waals surface area contributed by atoms with Gasteiger partial charge in [0.1, 0.15) is 5.82 Å². The molecule has 1 aliphatic rings. The number of aromatic nitrogens is 2. The Kier molecular flexibility index (Phi) is 5.30. The molecule has 9 heteroatoms. The average Bonchev–Trinajstić information content (AvgIpc) is 2.93. The van der Waals surface area contributed by atoms with Crippen molar-refractivity contribution in [3.05, 3.63) is 18.2 Å². The van der Waals surface area contributed by atoms with Gasteiger partial charge in [0.2, 0.25) is 11.5 Å². The molecular weight excluding hydrogens is 313 g/mol. The number of halogens is 3. The van der Waals surface area contributed by atoms with Crippen LogP contribution in [0.15, 0.2) is 12.4 Å². The number of amides is 1. The van der Waals surface area contributed by atoms with Crippen molar-refractivity contribution in [2.75, 3.05) is 13.1 Å². The smallest absolute Gasteiger partial charge is 0.374 e. The van der Waals surface area contributed by atoms with Crippen LogP contribution in [0.1, 0.15) is 31.5 Å². The summed E-state index contributed by atoms with van der Waals surface area (Å²) in [4.78, 5) is 15.5. The Labute approximate surface area is 132 Å². The molecule has 1 unspecified atom stereocenters. The van der Waals surface area contributed by atoms with E-state index in [2.05, 4.69) is 15.6 Å². The fourth-order valence-corrected chi connectivity index (χ4v) is 2.71. The zero-order valence-corrected chi connectivity index (χ0v) is 12.9. The molecule has 1 amide bonds. The number of aliphatic hydroxyl groups is 1. The largest absolute Gasteiger partial charge is 0.424 e. The number of hydrogen-bond donors (Lipinski definition) is 3. The van der Waals surface area contributed by atoms with E-state index in [1.165, 1.54) is 19.4 Å². The van der Waals surface area contributed by atoms with Crippen molar-refractivity contribution in [1.82, 2.24) is 20.2 Å². The number of nitrogens with one attached hydrogen (secondary N) is 2. The van der Waals surface area contributed by atoms with Crippen LogP contribution in [0.3, 0.4) is 0 Å². The number of rotatable bonds is 5. The Balaban J connectivity index is 2.00. The molecule has 1 aromatic heterocycles. The van der Waals surface area contributed by atoms with Crippen molar-refractivity contribution in [3.8, 4) is 0 Å². The van der Waals surface area contributed by atoms with Crippen molar-refractivity contribution in [3.63, 3.8) is 0 Å². The molecule has 2 atom stereocenters. The van der Waals surface area contributed by atoms with Gasteiger partial charge in [0.25, 0.3) is 0 Å². The third-order valence-electron chi connectivity index (χ3n) is 4.07. The van der Waals surface area contributed by atoms with Gasteiger partial charge in [-0.05, 0) is 19.4 Å². The lowest BCUT2D eigenvalue weighted by atomic mass is 9.97. The van der Waals surface area contributed by atoms with Crippen molar-refractivity contribution in [2.45, 2.75) is 43.5 Å². The van der Waals surface area contributed by atoms with Gasteiger partial charge >= 0.3 is 6.18 Å². The van der Waals surface area contributed by atoms with Gasteiger partial charge in [0.05, 0.1) is 6.04 Å². The van der Waals surface area contributed by atoms with Gasteiger partial charge in [0, 0.05) is 32.4 Å². The van der Waals surface area contributed by atoms with E-state index in [-0.39, 0.29) is 18.5 Å². The first-order valence-corrected chi connectivity index (χ1v) is 7.54. The summed E-state index contributed by atoms with van der Waals surface area (Å²) in [5, 5.41) is 15.6. The van der Waals surface area contributed by atoms with Gasteiger partial charge in [-0.1, -0.05) is 6.42 Å². The summed E-state index contributed by atoms with van der Waals surface area (Å²) in [6, 6.07) is -0.379. The number of hydrogen-bond acceptors (Lipinski definition) is 4. The quantitative estimate of drug-likeness (QED) is 0.745. The topological polar surface area (TPSA) is 79.2 Å². The van der Waals surface area contributed by atoms with E-state index in [4.69, 9.17) is 0 Å². The molecule has 1 aromatic rings. The zero-order valence-electron chi connectivity index (χ0n) is 12.9. The zero-order chi connectivity index (χ0) is 17.1. The average molecular weight is 334 g/mol. The molecular formula is C14H21F3N4O2. The molecule has 1 fully saturated rings.